The molecule has 0 saturated heterocycles. The number of hydrogen-bond acceptors (Lipinski definition) is 7. The molecule has 0 radical (unpaired) electrons. The van der Waals surface area contributed by atoms with Crippen LogP contribution >= 0.6 is 0 Å². The van der Waals surface area contributed by atoms with Gasteiger partial charge in [0, 0.05) is 18.4 Å². The van der Waals surface area contributed by atoms with E-state index in [0.717, 1.165) is 5.56 Å². The van der Waals surface area contributed by atoms with E-state index in [9.17, 15) is 14.4 Å². The van der Waals surface area contributed by atoms with Crippen molar-refractivity contribution in [2.24, 2.45) is 5.41 Å². The minimum Gasteiger partial charge on any atom is -0.468 e. The summed E-state index contributed by atoms with van der Waals surface area (Å²) < 4.78 is 18.5. The van der Waals surface area contributed by atoms with E-state index < -0.39 is 23.5 Å². The Kier molecular flexibility index (Phi) is 8.97. The molecule has 27 heavy (non-hydrogen) atoms. The fraction of sp³-hybridized carbons (Fsp3) is 0.350. The van der Waals surface area contributed by atoms with E-state index in [1.807, 2.05) is 18.2 Å². The number of hydrogen-bond donors (Lipinski definition) is 0. The third-order valence-corrected chi connectivity index (χ3v) is 3.49. The fourth-order valence-electron chi connectivity index (χ4n) is 2.06. The Morgan fingerprint density at radius 1 is 0.852 bits per heavy atom. The first-order valence-corrected chi connectivity index (χ1v) is 7.87. The van der Waals surface area contributed by atoms with Crippen LogP contribution < -0.4 is 0 Å². The first-order valence-electron chi connectivity index (χ1n) is 7.87. The summed E-state index contributed by atoms with van der Waals surface area (Å²) in [6.45, 7) is -0.249. The molecule has 0 heterocycles. The lowest BCUT2D eigenvalue weighted by Crippen LogP contribution is -2.40. The van der Waals surface area contributed by atoms with Crippen LogP contribution in [0.3, 0.4) is 0 Å². The molecule has 0 aromatic heterocycles. The molecule has 0 aliphatic rings. The van der Waals surface area contributed by atoms with Crippen LogP contribution in [0.5, 0.6) is 0 Å². The number of carbonyl (C=O) groups is 3. The largest absolute Gasteiger partial charge is 0.508 e. The molecular formula is C20H20O7. The molecule has 1 aromatic rings. The lowest BCUT2D eigenvalue weighted by atomic mass is 9.81. The molecule has 142 valence electrons. The van der Waals surface area contributed by atoms with Gasteiger partial charge in [-0.2, -0.15) is 0 Å². The zero-order valence-electron chi connectivity index (χ0n) is 15.4. The second-order valence-corrected chi connectivity index (χ2v) is 5.18. The Hall–Kier alpha value is -3.45. The van der Waals surface area contributed by atoms with E-state index in [1.54, 1.807) is 12.1 Å². The van der Waals surface area contributed by atoms with Crippen molar-refractivity contribution in [2.45, 2.75) is 12.8 Å². The van der Waals surface area contributed by atoms with Gasteiger partial charge in [-0.15, -0.1) is 0 Å². The molecule has 0 aliphatic heterocycles. The molecule has 0 saturated carbocycles. The molecule has 7 heteroatoms. The topological polar surface area (TPSA) is 88.1 Å². The van der Waals surface area contributed by atoms with Crippen molar-refractivity contribution in [3.63, 3.8) is 0 Å². The molecular weight excluding hydrogens is 352 g/mol. The Bertz CT molecular complexity index is 759. The van der Waals surface area contributed by atoms with Gasteiger partial charge in [0.15, 0.2) is 12.0 Å². The summed E-state index contributed by atoms with van der Waals surface area (Å²) in [5.74, 6) is 9.26. The summed E-state index contributed by atoms with van der Waals surface area (Å²) >= 11 is 0. The summed E-state index contributed by atoms with van der Waals surface area (Å²) in [7, 11) is 3.50. The van der Waals surface area contributed by atoms with Crippen molar-refractivity contribution >= 4 is 18.1 Å². The van der Waals surface area contributed by atoms with Crippen LogP contribution in [0.25, 0.3) is 0 Å². The second-order valence-electron chi connectivity index (χ2n) is 5.18. The SMILES string of the molecule is COC(=O)OCC#CCC(CC#Cc1ccccc1)(C(=O)OC)C(=O)OC. The Morgan fingerprint density at radius 3 is 2.00 bits per heavy atom. The van der Waals surface area contributed by atoms with Crippen molar-refractivity contribution in [1.82, 2.24) is 0 Å². The smallest absolute Gasteiger partial charge is 0.468 e. The standard InChI is InChI=1S/C20H20O7/c1-24-17(21)20(18(22)25-2,13-7-8-15-27-19(23)26-3)14-9-12-16-10-5-4-6-11-16/h4-6,10-11H,13-15H2,1-3H3. The molecule has 1 aromatic carbocycles. The van der Waals surface area contributed by atoms with Crippen LogP contribution in [0.15, 0.2) is 30.3 Å². The highest BCUT2D eigenvalue weighted by molar-refractivity contribution is 6.00. The van der Waals surface area contributed by atoms with Gasteiger partial charge >= 0.3 is 18.1 Å². The fourth-order valence-corrected chi connectivity index (χ4v) is 2.06. The quantitative estimate of drug-likeness (QED) is 0.338. The molecule has 0 aliphatic carbocycles. The van der Waals surface area contributed by atoms with Gasteiger partial charge in [0.2, 0.25) is 0 Å². The Morgan fingerprint density at radius 2 is 1.44 bits per heavy atom. The first kappa shape index (κ1) is 21.6. The summed E-state index contributed by atoms with van der Waals surface area (Å²) in [4.78, 5) is 35.5. The minimum absolute atomic E-state index is 0.145. The van der Waals surface area contributed by atoms with Crippen LogP contribution in [0.1, 0.15) is 18.4 Å². The summed E-state index contributed by atoms with van der Waals surface area (Å²) in [6.07, 6.45) is -1.24. The zero-order chi connectivity index (χ0) is 20.1. The van der Waals surface area contributed by atoms with E-state index in [-0.39, 0.29) is 19.4 Å². The molecule has 7 nitrogen and oxygen atoms in total. The zero-order valence-corrected chi connectivity index (χ0v) is 15.4. The first-order chi connectivity index (χ1) is 13.0. The van der Waals surface area contributed by atoms with Gasteiger partial charge < -0.3 is 18.9 Å². The number of ether oxygens (including phenoxy) is 4. The third-order valence-electron chi connectivity index (χ3n) is 3.49. The highest BCUT2D eigenvalue weighted by Gasteiger charge is 2.47. The van der Waals surface area contributed by atoms with E-state index in [1.165, 1.54) is 21.3 Å². The monoisotopic (exact) mass is 372 g/mol. The number of methoxy groups -OCH3 is 3. The average Bonchev–Trinajstić information content (AvgIpc) is 2.71. The van der Waals surface area contributed by atoms with Crippen molar-refractivity contribution in [3.8, 4) is 23.7 Å². The minimum atomic E-state index is -1.70. The van der Waals surface area contributed by atoms with Gasteiger partial charge in [-0.3, -0.25) is 9.59 Å². The maximum Gasteiger partial charge on any atom is 0.508 e. The van der Waals surface area contributed by atoms with Crippen LogP contribution in [-0.2, 0) is 28.5 Å². The number of carbonyl (C=O) groups excluding carboxylic acids is 3. The lowest BCUT2D eigenvalue weighted by molar-refractivity contribution is -0.168. The molecule has 0 unspecified atom stereocenters. The summed E-state index contributed by atoms with van der Waals surface area (Å²) in [5, 5.41) is 0. The molecule has 0 spiro atoms. The molecule has 0 N–H and O–H groups in total. The van der Waals surface area contributed by atoms with Gasteiger partial charge in [-0.25, -0.2) is 4.79 Å². The van der Waals surface area contributed by atoms with Crippen LogP contribution in [0, 0.1) is 29.1 Å². The molecule has 0 amide bonds. The van der Waals surface area contributed by atoms with Gasteiger partial charge in [0.25, 0.3) is 0 Å². The van der Waals surface area contributed by atoms with E-state index in [4.69, 9.17) is 9.47 Å². The lowest BCUT2D eigenvalue weighted by Gasteiger charge is -2.23. The van der Waals surface area contributed by atoms with Crippen molar-refractivity contribution in [2.75, 3.05) is 27.9 Å². The van der Waals surface area contributed by atoms with Gasteiger partial charge in [-0.05, 0) is 12.1 Å². The molecule has 0 bridgehead atoms. The van der Waals surface area contributed by atoms with E-state index >= 15 is 0 Å². The normalized spacial score (nSPS) is 9.59. The molecule has 0 atom stereocenters. The summed E-state index contributed by atoms with van der Waals surface area (Å²) in [5.41, 5.74) is -0.970. The van der Waals surface area contributed by atoms with Crippen molar-refractivity contribution in [1.29, 1.82) is 0 Å². The van der Waals surface area contributed by atoms with Gasteiger partial charge in [0.05, 0.1) is 21.3 Å². The van der Waals surface area contributed by atoms with Crippen molar-refractivity contribution < 1.29 is 33.3 Å². The highest BCUT2D eigenvalue weighted by Crippen LogP contribution is 2.29. The van der Waals surface area contributed by atoms with Gasteiger partial charge in [-0.1, -0.05) is 41.9 Å². The predicted octanol–water partition coefficient (Wildman–Crippen LogP) is 1.94. The molecule has 0 fully saturated rings. The van der Waals surface area contributed by atoms with E-state index in [2.05, 4.69) is 33.2 Å². The second kappa shape index (κ2) is 11.2. The maximum absolute atomic E-state index is 12.3. The van der Waals surface area contributed by atoms with Crippen LogP contribution in [0.4, 0.5) is 4.79 Å². The highest BCUT2D eigenvalue weighted by atomic mass is 16.7. The average molecular weight is 372 g/mol. The van der Waals surface area contributed by atoms with Crippen LogP contribution in [0.2, 0.25) is 0 Å². The predicted molar refractivity (Wildman–Crippen MR) is 95.2 cm³/mol. The molecule has 1 rings (SSSR count). The van der Waals surface area contributed by atoms with E-state index in [0.29, 0.717) is 0 Å². The number of esters is 2. The van der Waals surface area contributed by atoms with Crippen molar-refractivity contribution in [3.05, 3.63) is 35.9 Å². The Balaban J connectivity index is 3.02. The van der Waals surface area contributed by atoms with Crippen LogP contribution in [-0.4, -0.2) is 46.0 Å². The summed E-state index contributed by atoms with van der Waals surface area (Å²) in [6, 6.07) is 9.10. The number of benzene rings is 1. The third kappa shape index (κ3) is 6.41. The number of rotatable bonds is 5. The Labute approximate surface area is 157 Å². The van der Waals surface area contributed by atoms with Gasteiger partial charge in [0.1, 0.15) is 0 Å². The maximum atomic E-state index is 12.3.